The summed E-state index contributed by atoms with van der Waals surface area (Å²) in [6.07, 6.45) is 1.48. The van der Waals surface area contributed by atoms with Crippen molar-refractivity contribution in [1.29, 1.82) is 0 Å². The molecule has 3 heteroatoms. The Hall–Kier alpha value is -1.51. The maximum absolute atomic E-state index is 11.2. The van der Waals surface area contributed by atoms with Crippen molar-refractivity contribution in [2.45, 2.75) is 26.7 Å². The Labute approximate surface area is 103 Å². The average Bonchev–Trinajstić information content (AvgIpc) is 2.36. The minimum absolute atomic E-state index is 0.135. The highest BCUT2D eigenvalue weighted by Gasteiger charge is 2.05. The highest BCUT2D eigenvalue weighted by molar-refractivity contribution is 5.70. The molecule has 0 aliphatic rings. The highest BCUT2D eigenvalue weighted by atomic mass is 16.5. The van der Waals surface area contributed by atoms with E-state index in [1.54, 1.807) is 0 Å². The maximum atomic E-state index is 11.2. The summed E-state index contributed by atoms with van der Waals surface area (Å²) in [4.78, 5) is 13.3. The number of rotatable bonds is 6. The third kappa shape index (κ3) is 4.47. The van der Waals surface area contributed by atoms with Crippen LogP contribution in [0.2, 0.25) is 0 Å². The normalized spacial score (nSPS) is 10.1. The molecule has 0 bridgehead atoms. The van der Waals surface area contributed by atoms with E-state index in [-0.39, 0.29) is 5.97 Å². The number of aryl methyl sites for hydroxylation is 1. The molecule has 0 saturated carbocycles. The third-order valence-corrected chi connectivity index (χ3v) is 2.74. The van der Waals surface area contributed by atoms with Gasteiger partial charge in [0.2, 0.25) is 0 Å². The molecule has 0 amide bonds. The fourth-order valence-corrected chi connectivity index (χ4v) is 1.61. The summed E-state index contributed by atoms with van der Waals surface area (Å²) in [7, 11) is 1.99. The lowest BCUT2D eigenvalue weighted by molar-refractivity contribution is -0.142. The first-order valence-corrected chi connectivity index (χ1v) is 6.13. The number of carbonyl (C=O) groups is 1. The molecule has 0 aliphatic carbocycles. The van der Waals surface area contributed by atoms with Crippen molar-refractivity contribution in [1.82, 2.24) is 0 Å². The number of esters is 1. The Balaban J connectivity index is 2.46. The molecule has 17 heavy (non-hydrogen) atoms. The van der Waals surface area contributed by atoms with Gasteiger partial charge in [0.1, 0.15) is 0 Å². The van der Waals surface area contributed by atoms with E-state index in [0.29, 0.717) is 19.6 Å². The number of benzene rings is 1. The molecular weight excluding hydrogens is 214 g/mol. The van der Waals surface area contributed by atoms with E-state index in [1.165, 1.54) is 5.56 Å². The van der Waals surface area contributed by atoms with Gasteiger partial charge in [-0.1, -0.05) is 19.1 Å². The van der Waals surface area contributed by atoms with Crippen LogP contribution in [0.4, 0.5) is 5.69 Å². The van der Waals surface area contributed by atoms with Gasteiger partial charge in [-0.25, -0.2) is 0 Å². The first kappa shape index (κ1) is 13.6. The molecule has 0 atom stereocenters. The van der Waals surface area contributed by atoms with Crippen LogP contribution in [0.15, 0.2) is 24.3 Å². The molecule has 0 aliphatic heterocycles. The predicted octanol–water partition coefficient (Wildman–Crippen LogP) is 2.64. The van der Waals surface area contributed by atoms with Crippen LogP contribution in [0.1, 0.15) is 25.8 Å². The second kappa shape index (κ2) is 6.94. The Bertz CT molecular complexity index is 346. The lowest BCUT2D eigenvalue weighted by Crippen LogP contribution is -2.21. The SMILES string of the molecule is CCOC(=O)CCN(C)c1ccc(CC)cc1. The van der Waals surface area contributed by atoms with Crippen LogP contribution in [0.3, 0.4) is 0 Å². The molecular formula is C14H21NO2. The first-order chi connectivity index (χ1) is 8.17. The molecule has 0 unspecified atom stereocenters. The summed E-state index contributed by atoms with van der Waals surface area (Å²) >= 11 is 0. The molecule has 0 spiro atoms. The quantitative estimate of drug-likeness (QED) is 0.710. The third-order valence-electron chi connectivity index (χ3n) is 2.74. The first-order valence-electron chi connectivity index (χ1n) is 6.13. The molecule has 0 saturated heterocycles. The lowest BCUT2D eigenvalue weighted by atomic mass is 10.1. The molecule has 3 nitrogen and oxygen atoms in total. The summed E-state index contributed by atoms with van der Waals surface area (Å²) in [5, 5.41) is 0. The summed E-state index contributed by atoms with van der Waals surface area (Å²) in [6.45, 7) is 5.10. The van der Waals surface area contributed by atoms with Crippen LogP contribution in [-0.4, -0.2) is 26.2 Å². The van der Waals surface area contributed by atoms with Gasteiger partial charge in [0.25, 0.3) is 0 Å². The van der Waals surface area contributed by atoms with Crippen LogP contribution >= 0.6 is 0 Å². The highest BCUT2D eigenvalue weighted by Crippen LogP contribution is 2.14. The zero-order valence-corrected chi connectivity index (χ0v) is 10.9. The molecule has 1 aromatic carbocycles. The van der Waals surface area contributed by atoms with Crippen LogP contribution in [-0.2, 0) is 16.0 Å². The molecule has 94 valence electrons. The number of hydrogen-bond donors (Lipinski definition) is 0. The van der Waals surface area contributed by atoms with E-state index < -0.39 is 0 Å². The number of carbonyl (C=O) groups excluding carboxylic acids is 1. The average molecular weight is 235 g/mol. The fourth-order valence-electron chi connectivity index (χ4n) is 1.61. The number of nitrogens with zero attached hydrogens (tertiary/aromatic N) is 1. The van der Waals surface area contributed by atoms with Crippen molar-refractivity contribution in [2.24, 2.45) is 0 Å². The predicted molar refractivity (Wildman–Crippen MR) is 70.3 cm³/mol. The molecule has 0 fully saturated rings. The minimum atomic E-state index is -0.135. The summed E-state index contributed by atoms with van der Waals surface area (Å²) in [5.41, 5.74) is 2.46. The van der Waals surface area contributed by atoms with Crippen molar-refractivity contribution in [3.63, 3.8) is 0 Å². The largest absolute Gasteiger partial charge is 0.466 e. The van der Waals surface area contributed by atoms with E-state index in [9.17, 15) is 4.79 Å². The second-order valence-corrected chi connectivity index (χ2v) is 4.00. The molecule has 0 N–H and O–H groups in total. The molecule has 1 aromatic rings. The molecule has 0 aromatic heterocycles. The van der Waals surface area contributed by atoms with E-state index in [0.717, 1.165) is 12.1 Å². The Morgan fingerprint density at radius 2 is 1.88 bits per heavy atom. The van der Waals surface area contributed by atoms with Gasteiger partial charge >= 0.3 is 5.97 Å². The van der Waals surface area contributed by atoms with Gasteiger partial charge in [0, 0.05) is 19.3 Å². The summed E-state index contributed by atoms with van der Waals surface area (Å²) in [6, 6.07) is 8.42. The van der Waals surface area contributed by atoms with Gasteiger partial charge in [-0.15, -0.1) is 0 Å². The number of hydrogen-bond acceptors (Lipinski definition) is 3. The minimum Gasteiger partial charge on any atom is -0.466 e. The zero-order valence-electron chi connectivity index (χ0n) is 10.9. The van der Waals surface area contributed by atoms with Crippen molar-refractivity contribution in [3.8, 4) is 0 Å². The smallest absolute Gasteiger partial charge is 0.307 e. The molecule has 1 rings (SSSR count). The van der Waals surface area contributed by atoms with E-state index in [2.05, 4.69) is 36.1 Å². The van der Waals surface area contributed by atoms with Gasteiger partial charge in [-0.05, 0) is 31.0 Å². The zero-order chi connectivity index (χ0) is 12.7. The van der Waals surface area contributed by atoms with Crippen LogP contribution in [0.5, 0.6) is 0 Å². The van der Waals surface area contributed by atoms with Crippen LogP contribution in [0, 0.1) is 0 Å². The lowest BCUT2D eigenvalue weighted by Gasteiger charge is -2.19. The second-order valence-electron chi connectivity index (χ2n) is 4.00. The molecule has 0 heterocycles. The van der Waals surface area contributed by atoms with Gasteiger partial charge < -0.3 is 9.64 Å². The standard InChI is InChI=1S/C14H21NO2/c1-4-12-6-8-13(9-7-12)15(3)11-10-14(16)17-5-2/h6-9H,4-5,10-11H2,1-3H3. The number of ether oxygens (including phenoxy) is 1. The van der Waals surface area contributed by atoms with Gasteiger partial charge in [-0.3, -0.25) is 4.79 Å². The van der Waals surface area contributed by atoms with Crippen molar-refractivity contribution < 1.29 is 9.53 Å². The topological polar surface area (TPSA) is 29.5 Å². The van der Waals surface area contributed by atoms with E-state index >= 15 is 0 Å². The fraction of sp³-hybridized carbons (Fsp3) is 0.500. The van der Waals surface area contributed by atoms with Crippen molar-refractivity contribution >= 4 is 11.7 Å². The summed E-state index contributed by atoms with van der Waals surface area (Å²) in [5.74, 6) is -0.135. The monoisotopic (exact) mass is 235 g/mol. The Morgan fingerprint density at radius 3 is 2.41 bits per heavy atom. The Morgan fingerprint density at radius 1 is 1.24 bits per heavy atom. The van der Waals surface area contributed by atoms with Crippen molar-refractivity contribution in [3.05, 3.63) is 29.8 Å². The van der Waals surface area contributed by atoms with Crippen LogP contribution in [0.25, 0.3) is 0 Å². The summed E-state index contributed by atoms with van der Waals surface area (Å²) < 4.78 is 4.90. The maximum Gasteiger partial charge on any atom is 0.307 e. The van der Waals surface area contributed by atoms with Crippen LogP contribution < -0.4 is 4.90 Å². The van der Waals surface area contributed by atoms with E-state index in [4.69, 9.17) is 4.74 Å². The number of anilines is 1. The molecule has 0 radical (unpaired) electrons. The van der Waals surface area contributed by atoms with Gasteiger partial charge in [0.15, 0.2) is 0 Å². The Kier molecular flexibility index (Phi) is 5.53. The van der Waals surface area contributed by atoms with Gasteiger partial charge in [0.05, 0.1) is 13.0 Å². The van der Waals surface area contributed by atoms with E-state index in [1.807, 2.05) is 14.0 Å². The van der Waals surface area contributed by atoms with Crippen molar-refractivity contribution in [2.75, 3.05) is 25.1 Å². The van der Waals surface area contributed by atoms with Gasteiger partial charge in [-0.2, -0.15) is 0 Å².